The summed E-state index contributed by atoms with van der Waals surface area (Å²) in [6, 6.07) is 6.44. The standard InChI is InChI=1S/C27H41N3O4/c1-7-10-12-20(9-3)25(31)28-22-14-11-13-21(16-22)24-23(26(32)34-17-18(4)5)19(6)30(15-8-2)27(33)29-24/h11,13-14,16,18,20,24H,7-10,12,15,17H2,1-6H3,(H,28,31)(H,29,33). The summed E-state index contributed by atoms with van der Waals surface area (Å²) in [6.07, 6.45) is 4.47. The number of unbranched alkanes of at least 4 members (excludes halogenated alkanes) is 1. The number of hydrogen-bond donors (Lipinski definition) is 2. The number of ether oxygens (including phenoxy) is 1. The number of allylic oxidation sites excluding steroid dienone is 1. The van der Waals surface area contributed by atoms with E-state index in [1.165, 1.54) is 0 Å². The molecule has 0 saturated heterocycles. The molecule has 0 aromatic heterocycles. The second-order valence-electron chi connectivity index (χ2n) is 9.39. The van der Waals surface area contributed by atoms with E-state index in [0.29, 0.717) is 30.1 Å². The van der Waals surface area contributed by atoms with Crippen LogP contribution in [0.4, 0.5) is 10.5 Å². The average Bonchev–Trinajstić information content (AvgIpc) is 2.80. The van der Waals surface area contributed by atoms with Gasteiger partial charge in [-0.3, -0.25) is 9.69 Å². The summed E-state index contributed by atoms with van der Waals surface area (Å²) >= 11 is 0. The smallest absolute Gasteiger partial charge is 0.338 e. The molecular weight excluding hydrogens is 430 g/mol. The number of anilines is 1. The average molecular weight is 472 g/mol. The van der Waals surface area contributed by atoms with Crippen molar-refractivity contribution in [3.8, 4) is 0 Å². The van der Waals surface area contributed by atoms with Gasteiger partial charge in [-0.25, -0.2) is 9.59 Å². The van der Waals surface area contributed by atoms with Crippen LogP contribution in [0.5, 0.6) is 0 Å². The first-order valence-corrected chi connectivity index (χ1v) is 12.6. The molecule has 1 aliphatic rings. The Morgan fingerprint density at radius 1 is 1.18 bits per heavy atom. The van der Waals surface area contributed by atoms with E-state index >= 15 is 0 Å². The van der Waals surface area contributed by atoms with Crippen LogP contribution < -0.4 is 10.6 Å². The van der Waals surface area contributed by atoms with Gasteiger partial charge in [-0.05, 0) is 49.8 Å². The lowest BCUT2D eigenvalue weighted by Gasteiger charge is -2.35. The Morgan fingerprint density at radius 3 is 2.53 bits per heavy atom. The Morgan fingerprint density at radius 2 is 1.91 bits per heavy atom. The first kappa shape index (κ1) is 27.4. The third kappa shape index (κ3) is 7.08. The fourth-order valence-corrected chi connectivity index (χ4v) is 4.12. The largest absolute Gasteiger partial charge is 0.462 e. The van der Waals surface area contributed by atoms with Crippen LogP contribution in [0.25, 0.3) is 0 Å². The Bertz CT molecular complexity index is 894. The first-order chi connectivity index (χ1) is 16.2. The Balaban J connectivity index is 2.36. The Labute approximate surface area is 204 Å². The van der Waals surface area contributed by atoms with E-state index in [9.17, 15) is 14.4 Å². The van der Waals surface area contributed by atoms with Gasteiger partial charge in [-0.1, -0.05) is 59.6 Å². The topological polar surface area (TPSA) is 87.7 Å². The lowest BCUT2D eigenvalue weighted by molar-refractivity contribution is -0.140. The van der Waals surface area contributed by atoms with Gasteiger partial charge >= 0.3 is 12.0 Å². The third-order valence-electron chi connectivity index (χ3n) is 6.07. The molecular formula is C27H41N3O4. The van der Waals surface area contributed by atoms with E-state index in [2.05, 4.69) is 17.6 Å². The van der Waals surface area contributed by atoms with Gasteiger partial charge < -0.3 is 15.4 Å². The molecule has 188 valence electrons. The maximum atomic E-state index is 13.1. The van der Waals surface area contributed by atoms with Crippen molar-refractivity contribution in [3.05, 3.63) is 41.1 Å². The van der Waals surface area contributed by atoms with Crippen LogP contribution in [0.1, 0.15) is 85.3 Å². The molecule has 0 spiro atoms. The molecule has 2 rings (SSSR count). The van der Waals surface area contributed by atoms with Crippen LogP contribution in [-0.2, 0) is 14.3 Å². The van der Waals surface area contributed by atoms with Crippen molar-refractivity contribution in [2.24, 2.45) is 11.8 Å². The monoisotopic (exact) mass is 471 g/mol. The molecule has 0 radical (unpaired) electrons. The second kappa shape index (κ2) is 13.2. The highest BCUT2D eigenvalue weighted by Crippen LogP contribution is 2.33. The van der Waals surface area contributed by atoms with Crippen LogP contribution in [-0.4, -0.2) is 36.0 Å². The maximum Gasteiger partial charge on any atom is 0.338 e. The van der Waals surface area contributed by atoms with Crippen molar-refractivity contribution in [1.82, 2.24) is 10.2 Å². The zero-order valence-electron chi connectivity index (χ0n) is 21.6. The molecule has 1 aliphatic heterocycles. The molecule has 0 saturated carbocycles. The highest BCUT2D eigenvalue weighted by Gasteiger charge is 2.36. The number of benzene rings is 1. The summed E-state index contributed by atoms with van der Waals surface area (Å²) in [5.41, 5.74) is 2.39. The lowest BCUT2D eigenvalue weighted by atomic mass is 9.94. The van der Waals surface area contributed by atoms with E-state index in [0.717, 1.165) is 37.7 Å². The number of amides is 3. The van der Waals surface area contributed by atoms with Crippen molar-refractivity contribution >= 4 is 23.6 Å². The third-order valence-corrected chi connectivity index (χ3v) is 6.07. The molecule has 1 heterocycles. The minimum Gasteiger partial charge on any atom is -0.462 e. The zero-order valence-corrected chi connectivity index (χ0v) is 21.6. The van der Waals surface area contributed by atoms with Gasteiger partial charge in [0.05, 0.1) is 18.2 Å². The molecule has 1 aromatic rings. The minimum atomic E-state index is -0.654. The molecule has 3 amide bonds. The number of nitrogens with one attached hydrogen (secondary N) is 2. The summed E-state index contributed by atoms with van der Waals surface area (Å²) in [4.78, 5) is 40.4. The second-order valence-corrected chi connectivity index (χ2v) is 9.39. The number of urea groups is 1. The van der Waals surface area contributed by atoms with Gasteiger partial charge in [0, 0.05) is 23.8 Å². The van der Waals surface area contributed by atoms with Crippen LogP contribution in [0.2, 0.25) is 0 Å². The van der Waals surface area contributed by atoms with E-state index in [4.69, 9.17) is 4.74 Å². The lowest BCUT2D eigenvalue weighted by Crippen LogP contribution is -2.48. The Kier molecular flexibility index (Phi) is 10.6. The molecule has 0 fully saturated rings. The van der Waals surface area contributed by atoms with Crippen LogP contribution >= 0.6 is 0 Å². The highest BCUT2D eigenvalue weighted by atomic mass is 16.5. The van der Waals surface area contributed by atoms with Crippen molar-refractivity contribution in [2.45, 2.75) is 79.7 Å². The highest BCUT2D eigenvalue weighted by molar-refractivity contribution is 5.95. The van der Waals surface area contributed by atoms with Crippen molar-refractivity contribution in [2.75, 3.05) is 18.5 Å². The van der Waals surface area contributed by atoms with Crippen LogP contribution in [0.3, 0.4) is 0 Å². The zero-order chi connectivity index (χ0) is 25.3. The number of rotatable bonds is 12. The van der Waals surface area contributed by atoms with Gasteiger partial charge in [0.2, 0.25) is 5.91 Å². The number of hydrogen-bond acceptors (Lipinski definition) is 4. The molecule has 2 N–H and O–H groups in total. The van der Waals surface area contributed by atoms with E-state index < -0.39 is 12.0 Å². The molecule has 2 unspecified atom stereocenters. The quantitative estimate of drug-likeness (QED) is 0.378. The normalized spacial score (nSPS) is 17.0. The van der Waals surface area contributed by atoms with E-state index in [-0.39, 0.29) is 23.8 Å². The number of carbonyl (C=O) groups excluding carboxylic acids is 3. The minimum absolute atomic E-state index is 0.00168. The van der Waals surface area contributed by atoms with Crippen molar-refractivity contribution in [1.29, 1.82) is 0 Å². The summed E-state index contributed by atoms with van der Waals surface area (Å²) in [6.45, 7) is 12.7. The molecule has 0 aliphatic carbocycles. The molecule has 2 atom stereocenters. The molecule has 7 heteroatoms. The predicted octanol–water partition coefficient (Wildman–Crippen LogP) is 5.79. The first-order valence-electron chi connectivity index (χ1n) is 12.6. The summed E-state index contributed by atoms with van der Waals surface area (Å²) < 4.78 is 5.56. The van der Waals surface area contributed by atoms with Gasteiger partial charge in [-0.2, -0.15) is 0 Å². The number of carbonyl (C=O) groups is 3. The molecule has 7 nitrogen and oxygen atoms in total. The van der Waals surface area contributed by atoms with Gasteiger partial charge in [-0.15, -0.1) is 0 Å². The fourth-order valence-electron chi connectivity index (χ4n) is 4.12. The van der Waals surface area contributed by atoms with E-state index in [1.54, 1.807) is 11.8 Å². The maximum absolute atomic E-state index is 13.1. The summed E-state index contributed by atoms with van der Waals surface area (Å²) in [7, 11) is 0. The SMILES string of the molecule is CCCCC(CC)C(=O)Nc1cccc(C2NC(=O)N(CCC)C(C)=C2C(=O)OCC(C)C)c1. The number of esters is 1. The fraction of sp³-hybridized carbons (Fsp3) is 0.593. The van der Waals surface area contributed by atoms with Gasteiger partial charge in [0.1, 0.15) is 0 Å². The summed E-state index contributed by atoms with van der Waals surface area (Å²) in [5.74, 6) is -0.272. The molecule has 34 heavy (non-hydrogen) atoms. The number of nitrogens with zero attached hydrogens (tertiary/aromatic N) is 1. The van der Waals surface area contributed by atoms with Crippen LogP contribution in [0.15, 0.2) is 35.5 Å². The predicted molar refractivity (Wildman–Crippen MR) is 135 cm³/mol. The van der Waals surface area contributed by atoms with Gasteiger partial charge in [0.25, 0.3) is 0 Å². The van der Waals surface area contributed by atoms with E-state index in [1.807, 2.05) is 52.0 Å². The summed E-state index contributed by atoms with van der Waals surface area (Å²) in [5, 5.41) is 6.00. The molecule has 0 bridgehead atoms. The van der Waals surface area contributed by atoms with Crippen molar-refractivity contribution < 1.29 is 19.1 Å². The van der Waals surface area contributed by atoms with Crippen LogP contribution in [0, 0.1) is 11.8 Å². The van der Waals surface area contributed by atoms with Crippen molar-refractivity contribution in [3.63, 3.8) is 0 Å². The van der Waals surface area contributed by atoms with Gasteiger partial charge in [0.15, 0.2) is 0 Å². The Hall–Kier alpha value is -2.83. The molecule has 1 aromatic carbocycles.